The van der Waals surface area contributed by atoms with Crippen LogP contribution in [0.15, 0.2) is 30.3 Å². The Morgan fingerprint density at radius 2 is 1.83 bits per heavy atom. The van der Waals surface area contributed by atoms with Crippen LogP contribution in [-0.4, -0.2) is 46.2 Å². The van der Waals surface area contributed by atoms with Crippen molar-refractivity contribution >= 4 is 19.9 Å². The maximum atomic E-state index is 12.0. The molecule has 0 saturated carbocycles. The SMILES string of the molecule is CS(=O)(=O)N1CCS(=O)(=O)C(c2ccccc2)C1. The number of hydrogen-bond donors (Lipinski definition) is 0. The van der Waals surface area contributed by atoms with E-state index in [1.165, 1.54) is 4.31 Å². The molecule has 0 amide bonds. The summed E-state index contributed by atoms with van der Waals surface area (Å²) in [5.74, 6) is -0.125. The van der Waals surface area contributed by atoms with Gasteiger partial charge in [0.2, 0.25) is 10.0 Å². The summed E-state index contributed by atoms with van der Waals surface area (Å²) in [6.45, 7) is 0.0513. The molecule has 1 aromatic rings. The van der Waals surface area contributed by atoms with Crippen molar-refractivity contribution in [2.75, 3.05) is 25.1 Å². The van der Waals surface area contributed by atoms with E-state index < -0.39 is 25.1 Å². The van der Waals surface area contributed by atoms with Gasteiger partial charge in [0.15, 0.2) is 9.84 Å². The van der Waals surface area contributed by atoms with E-state index in [1.807, 2.05) is 0 Å². The third kappa shape index (κ3) is 2.73. The van der Waals surface area contributed by atoms with Crippen molar-refractivity contribution in [1.29, 1.82) is 0 Å². The van der Waals surface area contributed by atoms with Crippen molar-refractivity contribution < 1.29 is 16.8 Å². The van der Waals surface area contributed by atoms with Gasteiger partial charge in [-0.3, -0.25) is 0 Å². The molecule has 1 aliphatic heterocycles. The normalized spacial score (nSPS) is 24.8. The second kappa shape index (κ2) is 4.64. The van der Waals surface area contributed by atoms with Crippen molar-refractivity contribution in [2.24, 2.45) is 0 Å². The van der Waals surface area contributed by atoms with Crippen LogP contribution in [0.4, 0.5) is 0 Å². The Labute approximate surface area is 107 Å². The van der Waals surface area contributed by atoms with E-state index >= 15 is 0 Å². The molecule has 0 aromatic heterocycles. The zero-order valence-corrected chi connectivity index (χ0v) is 11.6. The second-order valence-electron chi connectivity index (χ2n) is 4.39. The van der Waals surface area contributed by atoms with E-state index in [1.54, 1.807) is 30.3 Å². The molecule has 0 aliphatic carbocycles. The Balaban J connectivity index is 2.37. The van der Waals surface area contributed by atoms with Gasteiger partial charge in [-0.25, -0.2) is 16.8 Å². The van der Waals surface area contributed by atoms with Gasteiger partial charge in [-0.2, -0.15) is 4.31 Å². The van der Waals surface area contributed by atoms with E-state index in [9.17, 15) is 16.8 Å². The van der Waals surface area contributed by atoms with Crippen LogP contribution in [0.5, 0.6) is 0 Å². The highest BCUT2D eigenvalue weighted by Gasteiger charge is 2.37. The number of sulfone groups is 1. The Bertz CT molecular complexity index is 622. The van der Waals surface area contributed by atoms with Crippen molar-refractivity contribution in [3.8, 4) is 0 Å². The van der Waals surface area contributed by atoms with Gasteiger partial charge in [0.1, 0.15) is 5.25 Å². The maximum Gasteiger partial charge on any atom is 0.211 e. The smallest absolute Gasteiger partial charge is 0.211 e. The van der Waals surface area contributed by atoms with E-state index in [0.29, 0.717) is 5.56 Å². The van der Waals surface area contributed by atoms with E-state index in [4.69, 9.17) is 0 Å². The Morgan fingerprint density at radius 1 is 1.22 bits per heavy atom. The molecule has 7 heteroatoms. The van der Waals surface area contributed by atoms with Crippen molar-refractivity contribution in [2.45, 2.75) is 5.25 Å². The maximum absolute atomic E-state index is 12.0. The first kappa shape index (κ1) is 13.5. The number of rotatable bonds is 2. The molecule has 5 nitrogen and oxygen atoms in total. The third-order valence-corrected chi connectivity index (χ3v) is 6.38. The molecule has 1 fully saturated rings. The molecule has 0 spiro atoms. The molecule has 1 unspecified atom stereocenters. The fourth-order valence-electron chi connectivity index (χ4n) is 2.04. The lowest BCUT2D eigenvalue weighted by molar-refractivity contribution is 0.407. The van der Waals surface area contributed by atoms with Gasteiger partial charge in [-0.05, 0) is 5.56 Å². The molecular formula is C11H15NO4S2. The second-order valence-corrected chi connectivity index (χ2v) is 8.67. The summed E-state index contributed by atoms with van der Waals surface area (Å²) in [6, 6.07) is 8.74. The summed E-state index contributed by atoms with van der Waals surface area (Å²) in [5, 5.41) is -0.762. The lowest BCUT2D eigenvalue weighted by atomic mass is 10.1. The fraction of sp³-hybridized carbons (Fsp3) is 0.455. The van der Waals surface area contributed by atoms with Crippen molar-refractivity contribution in [3.63, 3.8) is 0 Å². The Kier molecular flexibility index (Phi) is 3.48. The molecule has 0 N–H and O–H groups in total. The number of nitrogens with zero attached hydrogens (tertiary/aromatic N) is 1. The van der Waals surface area contributed by atoms with Crippen LogP contribution in [0.1, 0.15) is 10.8 Å². The monoisotopic (exact) mass is 289 g/mol. The molecule has 100 valence electrons. The predicted molar refractivity (Wildman–Crippen MR) is 69.4 cm³/mol. The van der Waals surface area contributed by atoms with E-state index in [2.05, 4.69) is 0 Å². The molecule has 1 saturated heterocycles. The Morgan fingerprint density at radius 3 is 2.39 bits per heavy atom. The summed E-state index contributed by atoms with van der Waals surface area (Å²) in [7, 11) is -6.62. The molecule has 18 heavy (non-hydrogen) atoms. The number of sulfonamides is 1. The molecule has 2 rings (SSSR count). The first-order valence-corrected chi connectivity index (χ1v) is 9.09. The molecule has 1 atom stereocenters. The Hall–Kier alpha value is -0.920. The number of benzene rings is 1. The van der Waals surface area contributed by atoms with Gasteiger partial charge < -0.3 is 0 Å². The quantitative estimate of drug-likeness (QED) is 0.791. The lowest BCUT2D eigenvalue weighted by Crippen LogP contribution is -2.44. The van der Waals surface area contributed by atoms with Crippen LogP contribution < -0.4 is 0 Å². The van der Waals surface area contributed by atoms with Gasteiger partial charge in [0.25, 0.3) is 0 Å². The fourth-order valence-corrected chi connectivity index (χ4v) is 4.83. The summed E-state index contributed by atoms with van der Waals surface area (Å²) in [4.78, 5) is 0. The van der Waals surface area contributed by atoms with E-state index in [-0.39, 0.29) is 18.8 Å². The largest absolute Gasteiger partial charge is 0.228 e. The number of hydrogen-bond acceptors (Lipinski definition) is 4. The summed E-state index contributed by atoms with van der Waals surface area (Å²) < 4.78 is 48.3. The molecule has 1 aromatic carbocycles. The van der Waals surface area contributed by atoms with Gasteiger partial charge >= 0.3 is 0 Å². The highest BCUT2D eigenvalue weighted by atomic mass is 32.2. The summed E-state index contributed by atoms with van der Waals surface area (Å²) >= 11 is 0. The van der Waals surface area contributed by atoms with Crippen LogP contribution >= 0.6 is 0 Å². The first-order chi connectivity index (χ1) is 8.31. The van der Waals surface area contributed by atoms with Gasteiger partial charge in [0.05, 0.1) is 12.0 Å². The topological polar surface area (TPSA) is 71.5 Å². The molecule has 0 bridgehead atoms. The zero-order valence-electron chi connectivity index (χ0n) is 9.98. The summed E-state index contributed by atoms with van der Waals surface area (Å²) in [5.41, 5.74) is 0.644. The van der Waals surface area contributed by atoms with Crippen LogP contribution in [0.3, 0.4) is 0 Å². The molecule has 1 aliphatic rings. The van der Waals surface area contributed by atoms with Crippen LogP contribution in [0, 0.1) is 0 Å². The van der Waals surface area contributed by atoms with Crippen LogP contribution in [0.2, 0.25) is 0 Å². The van der Waals surface area contributed by atoms with Gasteiger partial charge in [-0.1, -0.05) is 30.3 Å². The van der Waals surface area contributed by atoms with Crippen LogP contribution in [0.25, 0.3) is 0 Å². The first-order valence-electron chi connectivity index (χ1n) is 5.52. The van der Waals surface area contributed by atoms with Crippen LogP contribution in [-0.2, 0) is 19.9 Å². The van der Waals surface area contributed by atoms with E-state index in [0.717, 1.165) is 6.26 Å². The molecule has 1 heterocycles. The minimum atomic E-state index is -3.35. The van der Waals surface area contributed by atoms with Gasteiger partial charge in [0, 0.05) is 13.1 Å². The third-order valence-electron chi connectivity index (χ3n) is 3.07. The lowest BCUT2D eigenvalue weighted by Gasteiger charge is -2.31. The van der Waals surface area contributed by atoms with Crippen molar-refractivity contribution in [1.82, 2.24) is 4.31 Å². The average molecular weight is 289 g/mol. The molecular weight excluding hydrogens is 274 g/mol. The summed E-state index contributed by atoms with van der Waals surface area (Å²) in [6.07, 6.45) is 1.10. The highest BCUT2D eigenvalue weighted by Crippen LogP contribution is 2.28. The minimum Gasteiger partial charge on any atom is -0.228 e. The minimum absolute atomic E-state index is 0.00514. The van der Waals surface area contributed by atoms with Crippen molar-refractivity contribution in [3.05, 3.63) is 35.9 Å². The average Bonchev–Trinajstić information content (AvgIpc) is 2.28. The zero-order chi connectivity index (χ0) is 13.4. The predicted octanol–water partition coefficient (Wildman–Crippen LogP) is 0.418. The molecule has 0 radical (unpaired) electrons. The standard InChI is InChI=1S/C11H15NO4S2/c1-17(13,14)12-7-8-18(15,16)11(9-12)10-5-3-2-4-6-10/h2-6,11H,7-9H2,1H3. The van der Waals surface area contributed by atoms with Gasteiger partial charge in [-0.15, -0.1) is 0 Å². The highest BCUT2D eigenvalue weighted by molar-refractivity contribution is 7.92.